The average Bonchev–Trinajstić information content (AvgIpc) is 3.12. The Morgan fingerprint density at radius 3 is 2.40 bits per heavy atom. The molecule has 1 saturated heterocycles. The second kappa shape index (κ2) is 7.85. The molecule has 0 saturated carbocycles. The summed E-state index contributed by atoms with van der Waals surface area (Å²) in [5.74, 6) is 0. The topological polar surface area (TPSA) is 16.1 Å². The molecule has 2 aromatic carbocycles. The van der Waals surface area contributed by atoms with E-state index in [4.69, 9.17) is 4.98 Å². The van der Waals surface area contributed by atoms with E-state index in [-0.39, 0.29) is 0 Å². The number of likely N-dealkylation sites (tertiary alicyclic amines) is 1. The smallest absolute Gasteiger partial charge is 0.101 e. The minimum atomic E-state index is 0.489. The van der Waals surface area contributed by atoms with Gasteiger partial charge in [0.2, 0.25) is 0 Å². The minimum absolute atomic E-state index is 0.489. The van der Waals surface area contributed by atoms with Crippen LogP contribution in [0.15, 0.2) is 88.9 Å². The number of aromatic nitrogens is 1. The Labute approximate surface area is 153 Å². The molecule has 3 heteroatoms. The number of nitrogens with zero attached hydrogens (tertiary/aromatic N) is 2. The third-order valence-corrected chi connectivity index (χ3v) is 5.66. The molecule has 2 heterocycles. The van der Waals surface area contributed by atoms with Crippen LogP contribution in [0, 0.1) is 0 Å². The Kier molecular flexibility index (Phi) is 5.14. The second-order valence-electron chi connectivity index (χ2n) is 6.46. The van der Waals surface area contributed by atoms with Gasteiger partial charge in [0, 0.05) is 23.7 Å². The summed E-state index contributed by atoms with van der Waals surface area (Å²) >= 11 is 1.72. The molecule has 0 N–H and O–H groups in total. The van der Waals surface area contributed by atoms with Gasteiger partial charge in [-0.1, -0.05) is 66.4 Å². The van der Waals surface area contributed by atoms with E-state index < -0.39 is 0 Å². The highest BCUT2D eigenvalue weighted by atomic mass is 32.2. The van der Waals surface area contributed by atoms with E-state index >= 15 is 0 Å². The molecule has 4 rings (SSSR count). The minimum Gasteiger partial charge on any atom is -0.292 e. The van der Waals surface area contributed by atoms with Gasteiger partial charge in [0.05, 0.1) is 0 Å². The van der Waals surface area contributed by atoms with Crippen LogP contribution in [0.5, 0.6) is 0 Å². The van der Waals surface area contributed by atoms with Crippen LogP contribution >= 0.6 is 11.8 Å². The molecule has 0 aliphatic carbocycles. The number of rotatable bonds is 5. The zero-order chi connectivity index (χ0) is 16.9. The van der Waals surface area contributed by atoms with Crippen molar-refractivity contribution in [1.29, 1.82) is 0 Å². The lowest BCUT2D eigenvalue weighted by Crippen LogP contribution is -2.22. The van der Waals surface area contributed by atoms with Crippen LogP contribution in [0.25, 0.3) is 0 Å². The Morgan fingerprint density at radius 2 is 1.68 bits per heavy atom. The van der Waals surface area contributed by atoms with Crippen molar-refractivity contribution in [3.63, 3.8) is 0 Å². The maximum absolute atomic E-state index is 4.70. The van der Waals surface area contributed by atoms with E-state index in [1.54, 1.807) is 11.8 Å². The van der Waals surface area contributed by atoms with Crippen LogP contribution in [0.4, 0.5) is 0 Å². The largest absolute Gasteiger partial charge is 0.292 e. The maximum atomic E-state index is 4.70. The van der Waals surface area contributed by atoms with E-state index in [9.17, 15) is 0 Å². The Bertz CT molecular complexity index is 787. The van der Waals surface area contributed by atoms with Crippen molar-refractivity contribution in [3.8, 4) is 0 Å². The van der Waals surface area contributed by atoms with Crippen molar-refractivity contribution in [2.24, 2.45) is 0 Å². The number of hydrogen-bond acceptors (Lipinski definition) is 3. The normalized spacial score (nSPS) is 17.7. The van der Waals surface area contributed by atoms with Gasteiger partial charge < -0.3 is 0 Å². The first kappa shape index (κ1) is 16.4. The standard InChI is InChI=1S/C22H22N2S/c1-3-8-18(9-4-1)17-24-15-7-12-21(24)19-13-14-22(23-16-19)25-20-10-5-2-6-11-20/h1-6,8-11,13-14,16,21H,7,12,15,17H2. The van der Waals surface area contributed by atoms with Crippen LogP contribution < -0.4 is 0 Å². The molecule has 1 aliphatic rings. The van der Waals surface area contributed by atoms with Gasteiger partial charge >= 0.3 is 0 Å². The fourth-order valence-electron chi connectivity index (χ4n) is 3.47. The molecule has 1 aliphatic heterocycles. The fourth-order valence-corrected chi connectivity index (χ4v) is 4.25. The van der Waals surface area contributed by atoms with Gasteiger partial charge in [-0.25, -0.2) is 4.98 Å². The lowest BCUT2D eigenvalue weighted by molar-refractivity contribution is 0.248. The summed E-state index contributed by atoms with van der Waals surface area (Å²) in [5, 5.41) is 1.06. The predicted molar refractivity (Wildman–Crippen MR) is 104 cm³/mol. The van der Waals surface area contributed by atoms with E-state index in [0.717, 1.165) is 11.6 Å². The number of benzene rings is 2. The molecule has 2 nitrogen and oxygen atoms in total. The summed E-state index contributed by atoms with van der Waals surface area (Å²) in [6.07, 6.45) is 4.55. The Morgan fingerprint density at radius 1 is 0.920 bits per heavy atom. The lowest BCUT2D eigenvalue weighted by Gasteiger charge is -2.24. The molecule has 0 bridgehead atoms. The molecule has 126 valence electrons. The highest BCUT2D eigenvalue weighted by Crippen LogP contribution is 2.34. The van der Waals surface area contributed by atoms with Gasteiger partial charge in [0.25, 0.3) is 0 Å². The van der Waals surface area contributed by atoms with Crippen molar-refractivity contribution in [3.05, 3.63) is 90.1 Å². The Balaban J connectivity index is 1.45. The molecule has 0 spiro atoms. The summed E-state index contributed by atoms with van der Waals surface area (Å²) in [5.41, 5.74) is 2.73. The average molecular weight is 346 g/mol. The van der Waals surface area contributed by atoms with Gasteiger partial charge in [-0.2, -0.15) is 0 Å². The van der Waals surface area contributed by atoms with E-state index in [0.29, 0.717) is 6.04 Å². The van der Waals surface area contributed by atoms with Gasteiger partial charge in [-0.05, 0) is 48.7 Å². The highest BCUT2D eigenvalue weighted by Gasteiger charge is 2.26. The zero-order valence-electron chi connectivity index (χ0n) is 14.2. The fraction of sp³-hybridized carbons (Fsp3) is 0.227. The third kappa shape index (κ3) is 4.12. The maximum Gasteiger partial charge on any atom is 0.101 e. The first-order valence-corrected chi connectivity index (χ1v) is 9.67. The summed E-state index contributed by atoms with van der Waals surface area (Å²) in [6.45, 7) is 2.19. The Hall–Kier alpha value is -2.10. The molecule has 1 atom stereocenters. The molecule has 0 radical (unpaired) electrons. The van der Waals surface area contributed by atoms with Crippen molar-refractivity contribution in [2.45, 2.75) is 35.3 Å². The molecule has 3 aromatic rings. The molecule has 25 heavy (non-hydrogen) atoms. The van der Waals surface area contributed by atoms with Crippen molar-refractivity contribution >= 4 is 11.8 Å². The molecule has 1 aromatic heterocycles. The summed E-state index contributed by atoms with van der Waals surface area (Å²) in [4.78, 5) is 8.51. The third-order valence-electron chi connectivity index (χ3n) is 4.70. The molecule has 1 fully saturated rings. The zero-order valence-corrected chi connectivity index (χ0v) is 15.0. The molecular formula is C22H22N2S. The molecular weight excluding hydrogens is 324 g/mol. The first-order chi connectivity index (χ1) is 12.4. The van der Waals surface area contributed by atoms with Crippen molar-refractivity contribution in [1.82, 2.24) is 9.88 Å². The number of pyridine rings is 1. The van der Waals surface area contributed by atoms with Crippen molar-refractivity contribution in [2.75, 3.05) is 6.54 Å². The lowest BCUT2D eigenvalue weighted by atomic mass is 10.1. The van der Waals surface area contributed by atoms with E-state index in [1.807, 2.05) is 6.07 Å². The first-order valence-electron chi connectivity index (χ1n) is 8.85. The SMILES string of the molecule is c1ccc(CN2CCCC2c2ccc(Sc3ccccc3)nc2)cc1. The summed E-state index contributed by atoms with van der Waals surface area (Å²) in [7, 11) is 0. The van der Waals surface area contributed by atoms with Gasteiger partial charge in [0.1, 0.15) is 5.03 Å². The van der Waals surface area contributed by atoms with Gasteiger partial charge in [0.15, 0.2) is 0 Å². The van der Waals surface area contributed by atoms with Crippen LogP contribution in [-0.4, -0.2) is 16.4 Å². The van der Waals surface area contributed by atoms with Gasteiger partial charge in [-0.15, -0.1) is 0 Å². The summed E-state index contributed by atoms with van der Waals surface area (Å²) < 4.78 is 0. The van der Waals surface area contributed by atoms with Crippen LogP contribution in [0.1, 0.15) is 30.0 Å². The monoisotopic (exact) mass is 346 g/mol. The van der Waals surface area contributed by atoms with Gasteiger partial charge in [-0.3, -0.25) is 4.90 Å². The predicted octanol–water partition coefficient (Wildman–Crippen LogP) is 5.57. The molecule has 0 amide bonds. The highest BCUT2D eigenvalue weighted by molar-refractivity contribution is 7.99. The van der Waals surface area contributed by atoms with Crippen LogP contribution in [0.2, 0.25) is 0 Å². The van der Waals surface area contributed by atoms with Crippen LogP contribution in [0.3, 0.4) is 0 Å². The quantitative estimate of drug-likeness (QED) is 0.601. The second-order valence-corrected chi connectivity index (χ2v) is 7.55. The number of hydrogen-bond donors (Lipinski definition) is 0. The van der Waals surface area contributed by atoms with Crippen molar-refractivity contribution < 1.29 is 0 Å². The summed E-state index contributed by atoms with van der Waals surface area (Å²) in [6, 6.07) is 26.1. The van der Waals surface area contributed by atoms with Crippen LogP contribution in [-0.2, 0) is 6.54 Å². The van der Waals surface area contributed by atoms with E-state index in [2.05, 4.69) is 77.8 Å². The molecule has 1 unspecified atom stereocenters. The van der Waals surface area contributed by atoms with E-state index in [1.165, 1.54) is 35.4 Å².